The maximum Gasteiger partial charge on any atom is 0.160 e. The number of aromatic nitrogens is 3. The van der Waals surface area contributed by atoms with Crippen molar-refractivity contribution in [2.45, 2.75) is 19.3 Å². The zero-order valence-electron chi connectivity index (χ0n) is 46.3. The molecule has 0 saturated carbocycles. The molecule has 0 radical (unpaired) electrons. The van der Waals surface area contributed by atoms with Crippen LogP contribution in [0.1, 0.15) is 25.0 Å². The van der Waals surface area contributed by atoms with E-state index in [0.29, 0.717) is 5.82 Å². The largest absolute Gasteiger partial charge is 0.310 e. The van der Waals surface area contributed by atoms with Crippen molar-refractivity contribution in [2.75, 3.05) is 4.90 Å². The molecule has 1 aliphatic rings. The molecule has 0 saturated heterocycles. The second-order valence-electron chi connectivity index (χ2n) is 22.8. The van der Waals surface area contributed by atoms with Crippen LogP contribution in [0.15, 0.2) is 279 Å². The van der Waals surface area contributed by atoms with E-state index in [1.807, 2.05) is 23.5 Å². The minimum absolute atomic E-state index is 0.158. The Bertz CT molecular complexity index is 5260. The summed E-state index contributed by atoms with van der Waals surface area (Å²) in [7, 11) is 0. The summed E-state index contributed by atoms with van der Waals surface area (Å²) in [6.45, 7) is 4.74. The molecule has 0 unspecified atom stereocenters. The summed E-state index contributed by atoms with van der Waals surface area (Å²) in [6.07, 6.45) is 0. The highest BCUT2D eigenvalue weighted by molar-refractivity contribution is 7.27. The lowest BCUT2D eigenvalue weighted by atomic mass is 9.82. The molecule has 0 N–H and O–H groups in total. The average Bonchev–Trinajstić information content (AvgIpc) is 1.84. The van der Waals surface area contributed by atoms with Gasteiger partial charge in [0.15, 0.2) is 5.82 Å². The highest BCUT2D eigenvalue weighted by Gasteiger charge is 2.36. The normalized spacial score (nSPS) is 12.7. The second kappa shape index (κ2) is 18.8. The van der Waals surface area contributed by atoms with Gasteiger partial charge in [0, 0.05) is 86.6 Å². The molecule has 0 aliphatic heterocycles. The number of anilines is 3. The van der Waals surface area contributed by atoms with Crippen molar-refractivity contribution in [3.05, 3.63) is 290 Å². The Balaban J connectivity index is 0.906. The van der Waals surface area contributed by atoms with E-state index in [1.54, 1.807) is 0 Å². The van der Waals surface area contributed by atoms with Crippen molar-refractivity contribution < 1.29 is 0 Å². The highest BCUT2D eigenvalue weighted by atomic mass is 32.1. The predicted octanol–water partition coefficient (Wildman–Crippen LogP) is 21.8. The zero-order valence-corrected chi connectivity index (χ0v) is 47.1. The third-order valence-electron chi connectivity index (χ3n) is 17.8. The molecule has 84 heavy (non-hydrogen) atoms. The maximum absolute atomic E-state index is 5.24. The zero-order chi connectivity index (χ0) is 55.6. The molecular weight excluding hydrogens is 1040 g/mol. The molecule has 3 aromatic heterocycles. The molecule has 5 heteroatoms. The van der Waals surface area contributed by atoms with Crippen LogP contribution in [0.2, 0.25) is 0 Å². The molecule has 0 amide bonds. The Hall–Kier alpha value is -10.5. The lowest BCUT2D eigenvalue weighted by molar-refractivity contribution is 0.660. The summed E-state index contributed by atoms with van der Waals surface area (Å²) in [5.41, 5.74) is 19.2. The molecule has 4 nitrogen and oxygen atoms in total. The molecule has 1 aliphatic carbocycles. The maximum atomic E-state index is 5.24. The van der Waals surface area contributed by atoms with E-state index in [1.165, 1.54) is 108 Å². The number of hydrogen-bond acceptors (Lipinski definition) is 4. The van der Waals surface area contributed by atoms with Crippen LogP contribution in [-0.2, 0) is 5.41 Å². The molecule has 13 aromatic carbocycles. The van der Waals surface area contributed by atoms with Crippen molar-refractivity contribution in [3.8, 4) is 61.8 Å². The lowest BCUT2D eigenvalue weighted by Crippen LogP contribution is -2.16. The fraction of sp³-hybridized carbons (Fsp3) is 0.0380. The van der Waals surface area contributed by atoms with Gasteiger partial charge in [0.2, 0.25) is 0 Å². The Labute approximate surface area is 490 Å². The third kappa shape index (κ3) is 7.39. The SMILES string of the molecule is CC1(C)c2ccccc2-c2ccc(N(c3ccc(-c4ccccc4)cc3)c3ccc4sc5c(c4c3)c3ccccc3c3c5c4c5ccccc5c5ccccc5c4n3-c3ccc(-c4nc(-c5ccccc5)cc(-c5ccccc5)n4)cc3)cc21. The van der Waals surface area contributed by atoms with Crippen LogP contribution in [0.25, 0.3) is 136 Å². The van der Waals surface area contributed by atoms with Gasteiger partial charge >= 0.3 is 0 Å². The van der Waals surface area contributed by atoms with Gasteiger partial charge in [-0.15, -0.1) is 11.3 Å². The van der Waals surface area contributed by atoms with Gasteiger partial charge in [-0.25, -0.2) is 9.97 Å². The van der Waals surface area contributed by atoms with Gasteiger partial charge < -0.3 is 9.47 Å². The first kappa shape index (κ1) is 48.3. The first-order chi connectivity index (χ1) is 41.4. The molecule has 3 heterocycles. The third-order valence-corrected chi connectivity index (χ3v) is 18.9. The van der Waals surface area contributed by atoms with E-state index in [2.05, 4.69) is 290 Å². The van der Waals surface area contributed by atoms with Gasteiger partial charge in [0.05, 0.1) is 22.4 Å². The molecule has 17 rings (SSSR count). The Morgan fingerprint density at radius 2 is 0.821 bits per heavy atom. The van der Waals surface area contributed by atoms with Crippen LogP contribution in [0.5, 0.6) is 0 Å². The standard InChI is InChI=1S/C79H52N4S/c1-79(2)67-33-19-18-28-60(67)61-44-42-57(47-68(61)79)82(54-38-34-50(35-39-54)49-20-6-3-7-21-49)56-43-45-71-66(46-56)72-63-30-15-17-32-65(63)76-74(77(72)84-71)73-62-29-14-12-26-58(62)59-27-13-16-31-64(59)75(73)83(76)55-40-36-53(37-41-55)78-80-69(51-22-8-4-9-23-51)48-70(81-78)52-24-10-5-11-25-52/h3-48H,1-2H3. The predicted molar refractivity (Wildman–Crippen MR) is 356 cm³/mol. The van der Waals surface area contributed by atoms with Crippen LogP contribution in [0.4, 0.5) is 17.1 Å². The van der Waals surface area contributed by atoms with Crippen molar-refractivity contribution in [2.24, 2.45) is 0 Å². The summed E-state index contributed by atoms with van der Waals surface area (Å²) >= 11 is 1.91. The molecule has 16 aromatic rings. The van der Waals surface area contributed by atoms with E-state index < -0.39 is 0 Å². The van der Waals surface area contributed by atoms with Gasteiger partial charge in [-0.3, -0.25) is 0 Å². The second-order valence-corrected chi connectivity index (χ2v) is 23.8. The van der Waals surface area contributed by atoms with Crippen molar-refractivity contribution in [3.63, 3.8) is 0 Å². The van der Waals surface area contributed by atoms with E-state index in [-0.39, 0.29) is 5.41 Å². The van der Waals surface area contributed by atoms with Crippen LogP contribution in [0.3, 0.4) is 0 Å². The van der Waals surface area contributed by atoms with Crippen molar-refractivity contribution in [1.29, 1.82) is 0 Å². The number of thiophene rings is 1. The van der Waals surface area contributed by atoms with Gasteiger partial charge in [-0.1, -0.05) is 220 Å². The average molecular weight is 1090 g/mol. The Morgan fingerprint density at radius 3 is 1.49 bits per heavy atom. The minimum Gasteiger partial charge on any atom is -0.310 e. The van der Waals surface area contributed by atoms with Crippen LogP contribution in [-0.4, -0.2) is 14.5 Å². The molecular formula is C79H52N4S. The van der Waals surface area contributed by atoms with Crippen LogP contribution < -0.4 is 4.90 Å². The fourth-order valence-electron chi connectivity index (χ4n) is 13.8. The molecule has 0 atom stereocenters. The van der Waals surface area contributed by atoms with Crippen molar-refractivity contribution in [1.82, 2.24) is 14.5 Å². The number of nitrogens with zero attached hydrogens (tertiary/aromatic N) is 4. The lowest BCUT2D eigenvalue weighted by Gasteiger charge is -2.28. The van der Waals surface area contributed by atoms with Gasteiger partial charge in [0.25, 0.3) is 0 Å². The molecule has 0 bridgehead atoms. The van der Waals surface area contributed by atoms with Gasteiger partial charge in [-0.05, 0) is 128 Å². The first-order valence-electron chi connectivity index (χ1n) is 28.9. The first-order valence-corrected chi connectivity index (χ1v) is 29.7. The van der Waals surface area contributed by atoms with Gasteiger partial charge in [-0.2, -0.15) is 0 Å². The summed E-state index contributed by atoms with van der Waals surface area (Å²) in [6, 6.07) is 102. The van der Waals surface area contributed by atoms with Crippen LogP contribution >= 0.6 is 11.3 Å². The number of rotatable bonds is 8. The monoisotopic (exact) mass is 1090 g/mol. The summed E-state index contributed by atoms with van der Waals surface area (Å²) in [5, 5.41) is 12.4. The molecule has 0 spiro atoms. The molecule has 0 fully saturated rings. The summed E-state index contributed by atoms with van der Waals surface area (Å²) < 4.78 is 5.10. The van der Waals surface area contributed by atoms with E-state index >= 15 is 0 Å². The molecule has 394 valence electrons. The van der Waals surface area contributed by atoms with E-state index in [0.717, 1.165) is 50.8 Å². The fourth-order valence-corrected chi connectivity index (χ4v) is 15.1. The number of benzene rings is 13. The van der Waals surface area contributed by atoms with Crippen LogP contribution in [0, 0.1) is 0 Å². The topological polar surface area (TPSA) is 34.0 Å². The van der Waals surface area contributed by atoms with E-state index in [9.17, 15) is 0 Å². The number of hydrogen-bond donors (Lipinski definition) is 0. The summed E-state index contributed by atoms with van der Waals surface area (Å²) in [5.74, 6) is 0.686. The minimum atomic E-state index is -0.158. The van der Waals surface area contributed by atoms with Gasteiger partial charge in [0.1, 0.15) is 0 Å². The Kier molecular flexibility index (Phi) is 10.8. The smallest absolute Gasteiger partial charge is 0.160 e. The van der Waals surface area contributed by atoms with Crippen molar-refractivity contribution >= 4 is 103 Å². The highest BCUT2D eigenvalue weighted by Crippen LogP contribution is 2.54. The van der Waals surface area contributed by atoms with E-state index in [4.69, 9.17) is 9.97 Å². The quantitative estimate of drug-likeness (QED) is 0.142. The summed E-state index contributed by atoms with van der Waals surface area (Å²) in [4.78, 5) is 12.9. The Morgan fingerprint density at radius 1 is 0.345 bits per heavy atom. The number of fused-ring (bicyclic) bond motifs is 18.